The topological polar surface area (TPSA) is 3.24 Å². The van der Waals surface area contributed by atoms with E-state index in [1.807, 2.05) is 13.0 Å². The fourth-order valence-electron chi connectivity index (χ4n) is 1.50. The van der Waals surface area contributed by atoms with Crippen molar-refractivity contribution in [2.24, 2.45) is 0 Å². The summed E-state index contributed by atoms with van der Waals surface area (Å²) in [5.41, 5.74) is 0. The molecule has 3 heteroatoms. The summed E-state index contributed by atoms with van der Waals surface area (Å²) in [5, 5.41) is 0. The molecule has 0 aromatic rings. The molecule has 0 bridgehead atoms. The van der Waals surface area contributed by atoms with E-state index in [-0.39, 0.29) is 0 Å². The van der Waals surface area contributed by atoms with E-state index in [4.69, 9.17) is 0 Å². The zero-order valence-corrected chi connectivity index (χ0v) is 8.37. The Morgan fingerprint density at radius 3 is 2.58 bits per heavy atom. The van der Waals surface area contributed by atoms with E-state index in [1.165, 1.54) is 19.3 Å². The van der Waals surface area contributed by atoms with Gasteiger partial charge in [0.2, 0.25) is 0 Å². The summed E-state index contributed by atoms with van der Waals surface area (Å²) < 4.78 is 12.2. The Kier molecular flexibility index (Phi) is 4.69. The van der Waals surface area contributed by atoms with E-state index >= 15 is 0 Å². The lowest BCUT2D eigenvalue weighted by molar-refractivity contribution is 0.250. The normalized spacial score (nSPS) is 21.3. The van der Waals surface area contributed by atoms with Gasteiger partial charge in [-0.15, -0.1) is 0 Å². The van der Waals surface area contributed by atoms with Gasteiger partial charge in [-0.2, -0.15) is 3.89 Å². The van der Waals surface area contributed by atoms with Crippen LogP contribution in [0.4, 0.5) is 3.89 Å². The quantitative estimate of drug-likeness (QED) is 0.671. The summed E-state index contributed by atoms with van der Waals surface area (Å²) in [6.45, 7) is 4.97. The van der Waals surface area contributed by atoms with Crippen molar-refractivity contribution in [2.45, 2.75) is 26.2 Å². The maximum atomic E-state index is 12.2. The number of nitrogens with zero attached hydrogens (tertiary/aromatic N) is 1. The van der Waals surface area contributed by atoms with Crippen LogP contribution in [0.25, 0.3) is 0 Å². The molecule has 1 saturated heterocycles. The lowest BCUT2D eigenvalue weighted by atomic mass is 10.1. The van der Waals surface area contributed by atoms with Crippen molar-refractivity contribution in [1.82, 2.24) is 4.90 Å². The maximum absolute atomic E-state index is 12.2. The second kappa shape index (κ2) is 5.60. The van der Waals surface area contributed by atoms with E-state index < -0.39 is 0 Å². The van der Waals surface area contributed by atoms with Crippen molar-refractivity contribution in [2.75, 3.05) is 19.6 Å². The Bertz CT molecular complexity index is 153. The standard InChI is InChI=1S/C9H16FNS/c1-2-9(12-10)8-11-6-4-3-5-7-11/h2H,3-8H2,1H3/b9-2-. The summed E-state index contributed by atoms with van der Waals surface area (Å²) >= 11 is 0.383. The molecular weight excluding hydrogens is 173 g/mol. The average Bonchev–Trinajstić information content (AvgIpc) is 2.16. The van der Waals surface area contributed by atoms with Gasteiger partial charge >= 0.3 is 0 Å². The van der Waals surface area contributed by atoms with E-state index in [2.05, 4.69) is 4.90 Å². The molecule has 0 unspecified atom stereocenters. The first-order valence-electron chi connectivity index (χ1n) is 4.53. The second-order valence-corrected chi connectivity index (χ2v) is 3.85. The number of likely N-dealkylation sites (tertiary alicyclic amines) is 1. The van der Waals surface area contributed by atoms with Gasteiger partial charge in [-0.3, -0.25) is 4.90 Å². The minimum Gasteiger partial charge on any atom is -0.298 e. The molecule has 0 spiro atoms. The third kappa shape index (κ3) is 3.15. The van der Waals surface area contributed by atoms with Crippen LogP contribution >= 0.6 is 12.1 Å². The number of rotatable bonds is 3. The first kappa shape index (κ1) is 10.1. The molecule has 1 nitrogen and oxygen atoms in total. The molecule has 0 radical (unpaired) electrons. The Balaban J connectivity index is 2.28. The van der Waals surface area contributed by atoms with Crippen LogP contribution < -0.4 is 0 Å². The highest BCUT2D eigenvalue weighted by Crippen LogP contribution is 2.19. The Morgan fingerprint density at radius 1 is 1.42 bits per heavy atom. The zero-order valence-electron chi connectivity index (χ0n) is 7.55. The van der Waals surface area contributed by atoms with Crippen LogP contribution in [0.3, 0.4) is 0 Å². The van der Waals surface area contributed by atoms with Gasteiger partial charge in [0.1, 0.15) is 0 Å². The van der Waals surface area contributed by atoms with E-state index in [0.717, 1.165) is 24.5 Å². The highest BCUT2D eigenvalue weighted by atomic mass is 32.2. The monoisotopic (exact) mass is 189 g/mol. The highest BCUT2D eigenvalue weighted by Gasteiger charge is 2.11. The van der Waals surface area contributed by atoms with Crippen molar-refractivity contribution in [3.63, 3.8) is 0 Å². The third-order valence-corrected chi connectivity index (χ3v) is 2.81. The smallest absolute Gasteiger partial charge is 0.0777 e. The lowest BCUT2D eigenvalue weighted by Gasteiger charge is -2.26. The van der Waals surface area contributed by atoms with Crippen LogP contribution in [0, 0.1) is 0 Å². The van der Waals surface area contributed by atoms with Crippen LogP contribution in [0.1, 0.15) is 26.2 Å². The van der Waals surface area contributed by atoms with Gasteiger partial charge in [-0.1, -0.05) is 12.5 Å². The molecule has 0 aromatic carbocycles. The number of allylic oxidation sites excluding steroid dienone is 1. The third-order valence-electron chi connectivity index (χ3n) is 2.25. The first-order chi connectivity index (χ1) is 5.86. The predicted molar refractivity (Wildman–Crippen MR) is 52.7 cm³/mol. The number of hydrogen-bond donors (Lipinski definition) is 0. The molecule has 0 N–H and O–H groups in total. The number of piperidine rings is 1. The maximum Gasteiger partial charge on any atom is 0.0777 e. The Hall–Kier alpha value is -0.0200. The van der Waals surface area contributed by atoms with Crippen molar-refractivity contribution < 1.29 is 3.89 Å². The molecule has 0 amide bonds. The molecule has 12 heavy (non-hydrogen) atoms. The van der Waals surface area contributed by atoms with Gasteiger partial charge < -0.3 is 0 Å². The summed E-state index contributed by atoms with van der Waals surface area (Å²) in [4.78, 5) is 3.17. The second-order valence-electron chi connectivity index (χ2n) is 3.17. The SMILES string of the molecule is C/C=C(/CN1CCCCC1)SF. The molecule has 70 valence electrons. The fraction of sp³-hybridized carbons (Fsp3) is 0.778. The zero-order chi connectivity index (χ0) is 8.81. The van der Waals surface area contributed by atoms with Gasteiger partial charge in [-0.05, 0) is 32.9 Å². The van der Waals surface area contributed by atoms with Gasteiger partial charge in [0.15, 0.2) is 0 Å². The molecule has 0 aromatic heterocycles. The van der Waals surface area contributed by atoms with Gasteiger partial charge in [0.05, 0.1) is 12.1 Å². The van der Waals surface area contributed by atoms with E-state index in [9.17, 15) is 3.89 Å². The molecule has 1 aliphatic rings. The summed E-state index contributed by atoms with van der Waals surface area (Å²) in [6.07, 6.45) is 5.74. The van der Waals surface area contributed by atoms with Crippen LogP contribution in [0.2, 0.25) is 0 Å². The van der Waals surface area contributed by atoms with Crippen LogP contribution in [-0.4, -0.2) is 24.5 Å². The van der Waals surface area contributed by atoms with Crippen LogP contribution in [0.5, 0.6) is 0 Å². The minimum atomic E-state index is 0.383. The van der Waals surface area contributed by atoms with Gasteiger partial charge in [0, 0.05) is 11.4 Å². The minimum absolute atomic E-state index is 0.383. The highest BCUT2D eigenvalue weighted by molar-refractivity contribution is 7.98. The molecular formula is C9H16FNS. The molecule has 0 saturated carbocycles. The van der Waals surface area contributed by atoms with Gasteiger partial charge in [0.25, 0.3) is 0 Å². The molecule has 1 fully saturated rings. The number of halogens is 1. The fourth-order valence-corrected chi connectivity index (χ4v) is 1.82. The van der Waals surface area contributed by atoms with Gasteiger partial charge in [-0.25, -0.2) is 0 Å². The molecule has 0 atom stereocenters. The van der Waals surface area contributed by atoms with Crippen LogP contribution in [0.15, 0.2) is 11.0 Å². The summed E-state index contributed by atoms with van der Waals surface area (Å²) in [6, 6.07) is 0. The van der Waals surface area contributed by atoms with Crippen LogP contribution in [-0.2, 0) is 0 Å². The molecule has 1 rings (SSSR count). The summed E-state index contributed by atoms with van der Waals surface area (Å²) in [7, 11) is 0. The van der Waals surface area contributed by atoms with Crippen molar-refractivity contribution in [1.29, 1.82) is 0 Å². The molecule has 0 aliphatic carbocycles. The lowest BCUT2D eigenvalue weighted by Crippen LogP contribution is -2.30. The Morgan fingerprint density at radius 2 is 2.08 bits per heavy atom. The summed E-state index contributed by atoms with van der Waals surface area (Å²) in [5.74, 6) is 0. The van der Waals surface area contributed by atoms with Crippen molar-refractivity contribution in [3.05, 3.63) is 11.0 Å². The predicted octanol–water partition coefficient (Wildman–Crippen LogP) is 2.99. The Labute approximate surface area is 78.3 Å². The van der Waals surface area contributed by atoms with Crippen molar-refractivity contribution >= 4 is 12.1 Å². The van der Waals surface area contributed by atoms with E-state index in [1.54, 1.807) is 0 Å². The molecule has 1 heterocycles. The van der Waals surface area contributed by atoms with E-state index in [0.29, 0.717) is 12.1 Å². The van der Waals surface area contributed by atoms with Crippen molar-refractivity contribution in [3.8, 4) is 0 Å². The average molecular weight is 189 g/mol. The number of hydrogen-bond acceptors (Lipinski definition) is 2. The molecule has 1 aliphatic heterocycles. The first-order valence-corrected chi connectivity index (χ1v) is 5.24. The largest absolute Gasteiger partial charge is 0.298 e.